The first-order valence-electron chi connectivity index (χ1n) is 6.16. The third kappa shape index (κ3) is 3.51. The van der Waals surface area contributed by atoms with Gasteiger partial charge in [0.25, 0.3) is 0 Å². The fourth-order valence-corrected chi connectivity index (χ4v) is 2.36. The Morgan fingerprint density at radius 2 is 1.84 bits per heavy atom. The van der Waals surface area contributed by atoms with E-state index in [-0.39, 0.29) is 18.0 Å². The lowest BCUT2D eigenvalue weighted by Crippen LogP contribution is -2.04. The van der Waals surface area contributed by atoms with Crippen LogP contribution in [0.15, 0.2) is 46.9 Å². The Hall–Kier alpha value is -1.48. The number of aryl methyl sites for hydroxylation is 1. The van der Waals surface area contributed by atoms with Gasteiger partial charge in [0.15, 0.2) is 5.78 Å². The van der Waals surface area contributed by atoms with Crippen LogP contribution >= 0.6 is 15.9 Å². The van der Waals surface area contributed by atoms with Crippen molar-refractivity contribution in [3.63, 3.8) is 0 Å². The molecule has 1 nitrogen and oxygen atoms in total. The van der Waals surface area contributed by atoms with E-state index in [0.29, 0.717) is 10.0 Å². The van der Waals surface area contributed by atoms with Crippen molar-refractivity contribution in [2.45, 2.75) is 19.8 Å². The fourth-order valence-electron chi connectivity index (χ4n) is 1.87. The van der Waals surface area contributed by atoms with E-state index in [9.17, 15) is 9.18 Å². The van der Waals surface area contributed by atoms with Gasteiger partial charge in [-0.25, -0.2) is 4.39 Å². The average Bonchev–Trinajstić information content (AvgIpc) is 2.42. The molecule has 3 heteroatoms. The molecule has 0 spiro atoms. The molecular formula is C16H14BrFO. The van der Waals surface area contributed by atoms with Gasteiger partial charge in [0.1, 0.15) is 5.82 Å². The van der Waals surface area contributed by atoms with Crippen LogP contribution in [0.25, 0.3) is 0 Å². The third-order valence-electron chi connectivity index (χ3n) is 3.05. The van der Waals surface area contributed by atoms with Crippen molar-refractivity contribution in [3.8, 4) is 0 Å². The molecule has 0 saturated heterocycles. The predicted octanol–water partition coefficient (Wildman–Crippen LogP) is 4.58. The van der Waals surface area contributed by atoms with Crippen molar-refractivity contribution in [2.75, 3.05) is 0 Å². The van der Waals surface area contributed by atoms with E-state index >= 15 is 0 Å². The van der Waals surface area contributed by atoms with Crippen LogP contribution in [0.3, 0.4) is 0 Å². The topological polar surface area (TPSA) is 17.1 Å². The maximum Gasteiger partial charge on any atom is 0.167 e. The summed E-state index contributed by atoms with van der Waals surface area (Å²) >= 11 is 3.28. The molecule has 0 amide bonds. The fraction of sp³-hybridized carbons (Fsp3) is 0.188. The maximum absolute atomic E-state index is 13.0. The molecule has 0 bridgehead atoms. The Balaban J connectivity index is 2.15. The highest BCUT2D eigenvalue weighted by Gasteiger charge is 2.10. The molecule has 0 aliphatic heterocycles. The molecule has 0 aliphatic carbocycles. The van der Waals surface area contributed by atoms with Crippen molar-refractivity contribution < 1.29 is 9.18 Å². The molecule has 98 valence electrons. The van der Waals surface area contributed by atoms with Gasteiger partial charge < -0.3 is 0 Å². The van der Waals surface area contributed by atoms with E-state index in [0.717, 1.165) is 12.0 Å². The summed E-state index contributed by atoms with van der Waals surface area (Å²) in [5, 5.41) is 0. The van der Waals surface area contributed by atoms with E-state index in [1.807, 2.05) is 24.3 Å². The summed E-state index contributed by atoms with van der Waals surface area (Å²) in [6.45, 7) is 2.08. The average molecular weight is 321 g/mol. The van der Waals surface area contributed by atoms with Gasteiger partial charge in [-0.3, -0.25) is 4.79 Å². The maximum atomic E-state index is 13.0. The lowest BCUT2D eigenvalue weighted by molar-refractivity contribution is 0.0992. The Bertz CT molecular complexity index is 590. The van der Waals surface area contributed by atoms with Crippen LogP contribution in [-0.4, -0.2) is 5.78 Å². The molecule has 0 saturated carbocycles. The molecule has 2 aromatic rings. The molecule has 0 atom stereocenters. The summed E-state index contributed by atoms with van der Waals surface area (Å²) in [6, 6.07) is 12.0. The number of Topliss-reactive ketones (excluding diaryl/α,β-unsaturated/α-hetero) is 1. The van der Waals surface area contributed by atoms with E-state index in [4.69, 9.17) is 0 Å². The number of carbonyl (C=O) groups excluding carboxylic acids is 1. The van der Waals surface area contributed by atoms with Crippen molar-refractivity contribution >= 4 is 21.7 Å². The quantitative estimate of drug-likeness (QED) is 0.754. The predicted molar refractivity (Wildman–Crippen MR) is 78.0 cm³/mol. The molecule has 0 aliphatic rings. The van der Waals surface area contributed by atoms with E-state index < -0.39 is 0 Å². The number of ketones is 1. The van der Waals surface area contributed by atoms with Crippen LogP contribution in [0.2, 0.25) is 0 Å². The molecule has 2 rings (SSSR count). The summed E-state index contributed by atoms with van der Waals surface area (Å²) in [7, 11) is 0. The molecule has 19 heavy (non-hydrogen) atoms. The number of hydrogen-bond donors (Lipinski definition) is 0. The zero-order valence-electron chi connectivity index (χ0n) is 10.6. The van der Waals surface area contributed by atoms with Crippen LogP contribution in [0, 0.1) is 5.82 Å². The Labute approximate surface area is 120 Å². The van der Waals surface area contributed by atoms with Gasteiger partial charge in [0.2, 0.25) is 0 Å². The van der Waals surface area contributed by atoms with E-state index in [2.05, 4.69) is 22.9 Å². The first-order valence-corrected chi connectivity index (χ1v) is 6.95. The van der Waals surface area contributed by atoms with Crippen molar-refractivity contribution in [2.24, 2.45) is 0 Å². The Morgan fingerprint density at radius 3 is 2.42 bits per heavy atom. The third-order valence-corrected chi connectivity index (χ3v) is 3.79. The zero-order valence-corrected chi connectivity index (χ0v) is 12.2. The van der Waals surface area contributed by atoms with Crippen LogP contribution in [0.5, 0.6) is 0 Å². The second-order valence-corrected chi connectivity index (χ2v) is 5.24. The zero-order chi connectivity index (χ0) is 13.8. The minimum atomic E-state index is -0.310. The van der Waals surface area contributed by atoms with Gasteiger partial charge in [0, 0.05) is 16.5 Å². The van der Waals surface area contributed by atoms with Crippen molar-refractivity contribution in [1.29, 1.82) is 0 Å². The first kappa shape index (κ1) is 13.9. The second-order valence-electron chi connectivity index (χ2n) is 4.39. The van der Waals surface area contributed by atoms with Crippen LogP contribution in [-0.2, 0) is 12.8 Å². The lowest BCUT2D eigenvalue weighted by atomic mass is 10.0. The Morgan fingerprint density at radius 1 is 1.16 bits per heavy atom. The summed E-state index contributed by atoms with van der Waals surface area (Å²) in [6.07, 6.45) is 1.23. The van der Waals surface area contributed by atoms with Gasteiger partial charge in [-0.05, 0) is 29.7 Å². The lowest BCUT2D eigenvalue weighted by Gasteiger charge is -2.05. The van der Waals surface area contributed by atoms with Gasteiger partial charge in [-0.15, -0.1) is 0 Å². The van der Waals surface area contributed by atoms with Gasteiger partial charge in [-0.1, -0.05) is 53.2 Å². The smallest absolute Gasteiger partial charge is 0.167 e. The molecule has 2 aromatic carbocycles. The summed E-state index contributed by atoms with van der Waals surface area (Å²) < 4.78 is 13.6. The van der Waals surface area contributed by atoms with Crippen LogP contribution in [0.1, 0.15) is 28.4 Å². The number of hydrogen-bond acceptors (Lipinski definition) is 1. The summed E-state index contributed by atoms with van der Waals surface area (Å²) in [5.74, 6) is -0.273. The SMILES string of the molecule is CCc1ccc(C(=O)Cc2ccc(F)cc2Br)cc1. The molecule has 0 fully saturated rings. The van der Waals surface area contributed by atoms with E-state index in [1.54, 1.807) is 6.07 Å². The molecule has 0 heterocycles. The standard InChI is InChI=1S/C16H14BrFO/c1-2-11-3-5-12(6-4-11)16(19)9-13-7-8-14(18)10-15(13)17/h3-8,10H,2,9H2,1H3. The second kappa shape index (κ2) is 6.11. The monoisotopic (exact) mass is 320 g/mol. The van der Waals surface area contributed by atoms with Gasteiger partial charge in [-0.2, -0.15) is 0 Å². The number of halogens is 2. The van der Waals surface area contributed by atoms with Gasteiger partial charge in [0.05, 0.1) is 0 Å². The van der Waals surface area contributed by atoms with Crippen molar-refractivity contribution in [1.82, 2.24) is 0 Å². The summed E-state index contributed by atoms with van der Waals surface area (Å²) in [5.41, 5.74) is 2.69. The summed E-state index contributed by atoms with van der Waals surface area (Å²) in [4.78, 5) is 12.1. The molecule has 0 aromatic heterocycles. The van der Waals surface area contributed by atoms with Crippen LogP contribution < -0.4 is 0 Å². The van der Waals surface area contributed by atoms with Crippen LogP contribution in [0.4, 0.5) is 4.39 Å². The molecule has 0 unspecified atom stereocenters. The highest BCUT2D eigenvalue weighted by Crippen LogP contribution is 2.20. The normalized spacial score (nSPS) is 10.5. The largest absolute Gasteiger partial charge is 0.294 e. The number of carbonyl (C=O) groups is 1. The minimum Gasteiger partial charge on any atom is -0.294 e. The number of rotatable bonds is 4. The van der Waals surface area contributed by atoms with E-state index in [1.165, 1.54) is 17.7 Å². The first-order chi connectivity index (χ1) is 9.10. The molecule has 0 radical (unpaired) electrons. The minimum absolute atomic E-state index is 0.0370. The van der Waals surface area contributed by atoms with Gasteiger partial charge >= 0.3 is 0 Å². The van der Waals surface area contributed by atoms with Crippen molar-refractivity contribution in [3.05, 3.63) is 69.4 Å². The molecule has 0 N–H and O–H groups in total. The Kier molecular flexibility index (Phi) is 4.48. The number of benzene rings is 2. The highest BCUT2D eigenvalue weighted by molar-refractivity contribution is 9.10. The molecular weight excluding hydrogens is 307 g/mol. The highest BCUT2D eigenvalue weighted by atomic mass is 79.9.